The smallest absolute Gasteiger partial charge is 0.305 e. The second kappa shape index (κ2) is 27.3. The number of esters is 1. The lowest BCUT2D eigenvalue weighted by molar-refractivity contribution is -0.143. The highest BCUT2D eigenvalue weighted by atomic mass is 16.5. The highest BCUT2D eigenvalue weighted by Gasteiger charge is 2.05. The van der Waals surface area contributed by atoms with Crippen molar-refractivity contribution in [2.75, 3.05) is 26.2 Å². The maximum absolute atomic E-state index is 11.9. The summed E-state index contributed by atoms with van der Waals surface area (Å²) in [6.45, 7) is 8.78. The van der Waals surface area contributed by atoms with Crippen molar-refractivity contribution in [2.45, 2.75) is 149 Å². The number of rotatable bonds is 27. The minimum absolute atomic E-state index is 0.00196. The second-order valence-corrected chi connectivity index (χ2v) is 9.78. The van der Waals surface area contributed by atoms with Crippen LogP contribution < -0.4 is 0 Å². The fourth-order valence-electron chi connectivity index (χ4n) is 4.26. The van der Waals surface area contributed by atoms with Crippen LogP contribution in [0.5, 0.6) is 0 Å². The van der Waals surface area contributed by atoms with Crippen molar-refractivity contribution >= 4 is 12.3 Å². The summed E-state index contributed by atoms with van der Waals surface area (Å²) in [7, 11) is 0. The molecule has 0 aromatic carbocycles. The molecule has 0 radical (unpaired) electrons. The van der Waals surface area contributed by atoms with Gasteiger partial charge in [-0.2, -0.15) is 0 Å². The molecule has 0 heterocycles. The Kier molecular flexibility index (Phi) is 26.6. The van der Waals surface area contributed by atoms with Crippen LogP contribution in [0.15, 0.2) is 0 Å². The van der Waals surface area contributed by atoms with E-state index in [4.69, 9.17) is 4.74 Å². The molecule has 0 N–H and O–H groups in total. The van der Waals surface area contributed by atoms with E-state index in [-0.39, 0.29) is 5.97 Å². The Labute approximate surface area is 206 Å². The first-order chi connectivity index (χ1) is 16.2. The third-order valence-electron chi connectivity index (χ3n) is 6.49. The first-order valence-electron chi connectivity index (χ1n) is 14.6. The van der Waals surface area contributed by atoms with Gasteiger partial charge in [0, 0.05) is 12.8 Å². The minimum atomic E-state index is -0.00196. The average Bonchev–Trinajstić information content (AvgIpc) is 2.82. The molecule has 0 rings (SSSR count). The Morgan fingerprint density at radius 2 is 1.09 bits per heavy atom. The zero-order valence-electron chi connectivity index (χ0n) is 22.4. The van der Waals surface area contributed by atoms with E-state index in [1.54, 1.807) is 0 Å². The maximum Gasteiger partial charge on any atom is 0.305 e. The van der Waals surface area contributed by atoms with E-state index in [1.807, 2.05) is 0 Å². The van der Waals surface area contributed by atoms with Crippen LogP contribution in [0.4, 0.5) is 0 Å². The maximum atomic E-state index is 11.9. The van der Waals surface area contributed by atoms with Crippen LogP contribution in [0.25, 0.3) is 0 Å². The van der Waals surface area contributed by atoms with Crippen molar-refractivity contribution in [3.63, 3.8) is 0 Å². The molecule has 33 heavy (non-hydrogen) atoms. The van der Waals surface area contributed by atoms with Crippen molar-refractivity contribution < 1.29 is 14.3 Å². The molecule has 0 atom stereocenters. The molecule has 0 unspecified atom stereocenters. The zero-order valence-corrected chi connectivity index (χ0v) is 22.4. The van der Waals surface area contributed by atoms with Crippen LogP contribution in [0.3, 0.4) is 0 Å². The van der Waals surface area contributed by atoms with Gasteiger partial charge in [-0.25, -0.2) is 0 Å². The largest absolute Gasteiger partial charge is 0.466 e. The van der Waals surface area contributed by atoms with E-state index in [0.717, 1.165) is 38.4 Å². The van der Waals surface area contributed by atoms with Crippen LogP contribution in [0.1, 0.15) is 149 Å². The lowest BCUT2D eigenvalue weighted by Gasteiger charge is -2.22. The van der Waals surface area contributed by atoms with E-state index in [0.29, 0.717) is 13.0 Å². The third-order valence-corrected chi connectivity index (χ3v) is 6.49. The number of hydrogen-bond donors (Lipinski definition) is 0. The van der Waals surface area contributed by atoms with Gasteiger partial charge in [-0.1, -0.05) is 97.3 Å². The van der Waals surface area contributed by atoms with Gasteiger partial charge in [0.15, 0.2) is 0 Å². The van der Waals surface area contributed by atoms with Gasteiger partial charge in [0.2, 0.25) is 0 Å². The lowest BCUT2D eigenvalue weighted by Crippen LogP contribution is -2.27. The van der Waals surface area contributed by atoms with Gasteiger partial charge in [-0.3, -0.25) is 4.79 Å². The molecule has 0 bridgehead atoms. The monoisotopic (exact) mass is 467 g/mol. The molecule has 0 aliphatic carbocycles. The molecule has 0 fully saturated rings. The predicted molar refractivity (Wildman–Crippen MR) is 142 cm³/mol. The van der Waals surface area contributed by atoms with Crippen molar-refractivity contribution in [3.8, 4) is 0 Å². The Hall–Kier alpha value is -0.900. The third kappa shape index (κ3) is 25.6. The second-order valence-electron chi connectivity index (χ2n) is 9.78. The summed E-state index contributed by atoms with van der Waals surface area (Å²) >= 11 is 0. The van der Waals surface area contributed by atoms with Gasteiger partial charge in [0.25, 0.3) is 0 Å². The van der Waals surface area contributed by atoms with E-state index < -0.39 is 0 Å². The molecular formula is C29H57NO3. The molecule has 0 aromatic heterocycles. The molecule has 4 nitrogen and oxygen atoms in total. The van der Waals surface area contributed by atoms with Gasteiger partial charge in [0.05, 0.1) is 6.61 Å². The number of nitrogens with zero attached hydrogens (tertiary/aromatic N) is 1. The minimum Gasteiger partial charge on any atom is -0.466 e. The summed E-state index contributed by atoms with van der Waals surface area (Å²) in [5.41, 5.74) is 0. The first kappa shape index (κ1) is 32.1. The number of carbonyl (C=O) groups is 2. The first-order valence-corrected chi connectivity index (χ1v) is 14.6. The van der Waals surface area contributed by atoms with E-state index >= 15 is 0 Å². The fraction of sp³-hybridized carbons (Fsp3) is 0.931. The molecule has 0 saturated carbocycles. The quantitative estimate of drug-likeness (QED) is 0.0693. The summed E-state index contributed by atoms with van der Waals surface area (Å²) in [5, 5.41) is 0. The standard InChI is InChI=1S/C29H57NO3/c1-3-5-7-8-11-17-22-28-33-29(32)23-18-13-12-15-20-26-30(24-6-4-2)25-19-14-9-10-16-21-27-31/h27H,3-26,28H2,1-2H3. The molecule has 4 heteroatoms. The summed E-state index contributed by atoms with van der Waals surface area (Å²) in [6, 6.07) is 0. The average molecular weight is 468 g/mol. The van der Waals surface area contributed by atoms with Crippen LogP contribution in [-0.2, 0) is 14.3 Å². The topological polar surface area (TPSA) is 46.6 Å². The SMILES string of the molecule is CCCCCCCCCOC(=O)CCCCCCCN(CCCC)CCCCCCCC=O. The molecule has 0 amide bonds. The Balaban J connectivity index is 3.57. The lowest BCUT2D eigenvalue weighted by atomic mass is 10.1. The Bertz CT molecular complexity index is 414. The molecule has 0 aliphatic heterocycles. The van der Waals surface area contributed by atoms with Crippen molar-refractivity contribution in [2.24, 2.45) is 0 Å². The Morgan fingerprint density at radius 1 is 0.606 bits per heavy atom. The summed E-state index contributed by atoms with van der Waals surface area (Å²) in [5.74, 6) is -0.00196. The number of aldehydes is 1. The summed E-state index contributed by atoms with van der Waals surface area (Å²) in [4.78, 5) is 24.9. The summed E-state index contributed by atoms with van der Waals surface area (Å²) < 4.78 is 5.38. The van der Waals surface area contributed by atoms with E-state index in [2.05, 4.69) is 18.7 Å². The van der Waals surface area contributed by atoms with Crippen LogP contribution in [-0.4, -0.2) is 43.4 Å². The Morgan fingerprint density at radius 3 is 1.70 bits per heavy atom. The van der Waals surface area contributed by atoms with Crippen LogP contribution in [0.2, 0.25) is 0 Å². The normalized spacial score (nSPS) is 11.2. The van der Waals surface area contributed by atoms with Gasteiger partial charge in [-0.05, 0) is 58.2 Å². The molecule has 0 spiro atoms. The molecular weight excluding hydrogens is 410 g/mol. The molecule has 196 valence electrons. The van der Waals surface area contributed by atoms with Gasteiger partial charge < -0.3 is 14.4 Å². The number of hydrogen-bond acceptors (Lipinski definition) is 4. The van der Waals surface area contributed by atoms with E-state index in [9.17, 15) is 9.59 Å². The van der Waals surface area contributed by atoms with Crippen molar-refractivity contribution in [3.05, 3.63) is 0 Å². The summed E-state index contributed by atoms with van der Waals surface area (Å²) in [6.07, 6.45) is 25.6. The van der Waals surface area contributed by atoms with Crippen molar-refractivity contribution in [1.29, 1.82) is 0 Å². The number of carbonyl (C=O) groups excluding carboxylic acids is 2. The number of unbranched alkanes of at least 4 members (excludes halogenated alkanes) is 16. The van der Waals surface area contributed by atoms with Gasteiger partial charge in [0.1, 0.15) is 6.29 Å². The van der Waals surface area contributed by atoms with Gasteiger partial charge in [-0.15, -0.1) is 0 Å². The highest BCUT2D eigenvalue weighted by molar-refractivity contribution is 5.69. The molecule has 0 aliphatic rings. The number of ether oxygens (including phenoxy) is 1. The van der Waals surface area contributed by atoms with Crippen molar-refractivity contribution in [1.82, 2.24) is 4.90 Å². The fourth-order valence-corrected chi connectivity index (χ4v) is 4.26. The molecule has 0 aromatic rings. The predicted octanol–water partition coefficient (Wildman–Crippen LogP) is 8.26. The van der Waals surface area contributed by atoms with Gasteiger partial charge >= 0.3 is 5.97 Å². The molecule has 0 saturated heterocycles. The highest BCUT2D eigenvalue weighted by Crippen LogP contribution is 2.11. The van der Waals surface area contributed by atoms with E-state index in [1.165, 1.54) is 116 Å². The van der Waals surface area contributed by atoms with Crippen LogP contribution in [0, 0.1) is 0 Å². The zero-order chi connectivity index (χ0) is 24.2. The van der Waals surface area contributed by atoms with Crippen LogP contribution >= 0.6 is 0 Å².